The first-order valence-corrected chi connectivity index (χ1v) is 5.24. The number of nitrogens with one attached hydrogen (secondary N) is 2. The fraction of sp³-hybridized carbons (Fsp3) is 0.600. The Morgan fingerprint density at radius 3 is 1.78 bits per heavy atom. The number of carbonyl (C=O) groups is 4. The summed E-state index contributed by atoms with van der Waals surface area (Å²) in [5.74, 6) is -5.73. The molecule has 1 aliphatic rings. The number of hydrogen-bond donors (Lipinski definition) is 3. The van der Waals surface area contributed by atoms with E-state index in [-0.39, 0.29) is 6.47 Å². The van der Waals surface area contributed by atoms with Crippen LogP contribution in [0.3, 0.4) is 0 Å². The van der Waals surface area contributed by atoms with E-state index >= 15 is 0 Å². The Morgan fingerprint density at radius 1 is 1.06 bits per heavy atom. The summed E-state index contributed by atoms with van der Waals surface area (Å²) in [7, 11) is 2.68. The van der Waals surface area contributed by atoms with Gasteiger partial charge in [-0.05, 0) is 0 Å². The van der Waals surface area contributed by atoms with Crippen LogP contribution in [-0.4, -0.2) is 49.6 Å². The minimum Gasteiger partial charge on any atom is -0.481 e. The van der Waals surface area contributed by atoms with E-state index in [0.717, 1.165) is 0 Å². The largest absolute Gasteiger partial charge is 0.481 e. The summed E-state index contributed by atoms with van der Waals surface area (Å²) >= 11 is 0. The molecule has 0 aromatic heterocycles. The fourth-order valence-corrected chi connectivity index (χ4v) is 2.21. The zero-order valence-electron chi connectivity index (χ0n) is 9.88. The van der Waals surface area contributed by atoms with Crippen molar-refractivity contribution < 1.29 is 29.0 Å². The maximum absolute atomic E-state index is 11.5. The molecule has 2 amide bonds. The van der Waals surface area contributed by atoms with Crippen LogP contribution < -0.4 is 10.6 Å². The van der Waals surface area contributed by atoms with Crippen molar-refractivity contribution in [3.05, 3.63) is 0 Å². The van der Waals surface area contributed by atoms with Crippen LogP contribution in [0.2, 0.25) is 0 Å². The number of carboxylic acids is 1. The van der Waals surface area contributed by atoms with Crippen LogP contribution in [0.5, 0.6) is 0 Å². The quantitative estimate of drug-likeness (QED) is 0.489. The molecule has 0 saturated heterocycles. The third kappa shape index (κ3) is 2.13. The van der Waals surface area contributed by atoms with Gasteiger partial charge in [-0.25, -0.2) is 0 Å². The third-order valence-electron chi connectivity index (χ3n) is 3.08. The predicted molar refractivity (Wildman–Crippen MR) is 57.2 cm³/mol. The van der Waals surface area contributed by atoms with Crippen molar-refractivity contribution in [1.29, 1.82) is 0 Å². The molecular weight excluding hydrogens is 244 g/mol. The second kappa shape index (κ2) is 5.48. The van der Waals surface area contributed by atoms with Crippen molar-refractivity contribution >= 4 is 24.3 Å². The van der Waals surface area contributed by atoms with E-state index in [9.17, 15) is 19.2 Å². The number of amides is 2. The summed E-state index contributed by atoms with van der Waals surface area (Å²) in [6.45, 7) is 0.106. The lowest BCUT2D eigenvalue weighted by Gasteiger charge is -2.45. The summed E-state index contributed by atoms with van der Waals surface area (Å²) < 4.78 is 4.66. The molecule has 0 aromatic rings. The Balaban J connectivity index is 3.01. The second-order valence-electron chi connectivity index (χ2n) is 3.84. The number of ether oxygens (including phenoxy) is 1. The second-order valence-corrected chi connectivity index (χ2v) is 3.84. The van der Waals surface area contributed by atoms with Gasteiger partial charge < -0.3 is 20.5 Å². The van der Waals surface area contributed by atoms with E-state index in [1.54, 1.807) is 0 Å². The molecule has 0 bridgehead atoms. The van der Waals surface area contributed by atoms with Crippen LogP contribution in [0.1, 0.15) is 0 Å². The Hall–Kier alpha value is -2.12. The molecule has 0 heterocycles. The third-order valence-corrected chi connectivity index (χ3v) is 3.08. The van der Waals surface area contributed by atoms with E-state index in [0.29, 0.717) is 0 Å². The molecule has 2 unspecified atom stereocenters. The molecule has 8 nitrogen and oxygen atoms in total. The first kappa shape index (κ1) is 13.9. The minimum atomic E-state index is -1.28. The van der Waals surface area contributed by atoms with Gasteiger partial charge in [0.25, 0.3) is 6.47 Å². The lowest BCUT2D eigenvalue weighted by atomic mass is 9.61. The summed E-state index contributed by atoms with van der Waals surface area (Å²) in [5.41, 5.74) is 0. The normalized spacial score (nSPS) is 29.7. The van der Waals surface area contributed by atoms with Gasteiger partial charge in [0, 0.05) is 14.1 Å². The number of carbonyl (C=O) groups excluding carboxylic acids is 3. The zero-order chi connectivity index (χ0) is 13.9. The molecule has 1 saturated carbocycles. The molecule has 2 atom stereocenters. The lowest BCUT2D eigenvalue weighted by Crippen LogP contribution is -2.64. The Bertz CT molecular complexity index is 359. The SMILES string of the molecule is CNC(=O)C1C(OC=O)C(C(=O)NC)C1C(=O)O. The summed E-state index contributed by atoms with van der Waals surface area (Å²) in [4.78, 5) is 44.6. The van der Waals surface area contributed by atoms with Crippen molar-refractivity contribution in [2.45, 2.75) is 6.10 Å². The fourth-order valence-electron chi connectivity index (χ4n) is 2.21. The number of rotatable bonds is 5. The Kier molecular flexibility index (Phi) is 4.24. The molecule has 18 heavy (non-hydrogen) atoms. The molecule has 0 aromatic carbocycles. The van der Waals surface area contributed by atoms with E-state index in [2.05, 4.69) is 15.4 Å². The van der Waals surface area contributed by atoms with Gasteiger partial charge in [0.15, 0.2) is 0 Å². The average molecular weight is 258 g/mol. The smallest absolute Gasteiger partial charge is 0.308 e. The van der Waals surface area contributed by atoms with Gasteiger partial charge >= 0.3 is 5.97 Å². The molecule has 1 fully saturated rings. The standard InChI is InChI=1S/C10H14N2O6/c1-11-8(14)5-4(10(16)17)6(9(15)12-2)7(5)18-3-13/h3-7H,1-2H3,(H,11,14)(H,12,15)(H,16,17). The predicted octanol–water partition coefficient (Wildman–Crippen LogP) is -2.03. The van der Waals surface area contributed by atoms with Crippen LogP contribution >= 0.6 is 0 Å². The molecule has 8 heteroatoms. The lowest BCUT2D eigenvalue weighted by molar-refractivity contribution is -0.188. The maximum atomic E-state index is 11.5. The van der Waals surface area contributed by atoms with E-state index in [1.807, 2.05) is 0 Å². The molecule has 0 spiro atoms. The summed E-state index contributed by atoms with van der Waals surface area (Å²) in [6, 6.07) is 0. The monoisotopic (exact) mass is 258 g/mol. The van der Waals surface area contributed by atoms with Gasteiger partial charge in [-0.3, -0.25) is 19.2 Å². The molecule has 0 radical (unpaired) electrons. The van der Waals surface area contributed by atoms with Crippen molar-refractivity contribution in [2.75, 3.05) is 14.1 Å². The van der Waals surface area contributed by atoms with Crippen LogP contribution in [0.25, 0.3) is 0 Å². The van der Waals surface area contributed by atoms with Crippen molar-refractivity contribution in [1.82, 2.24) is 10.6 Å². The zero-order valence-corrected chi connectivity index (χ0v) is 9.88. The highest BCUT2D eigenvalue weighted by Crippen LogP contribution is 2.43. The molecular formula is C10H14N2O6. The number of aliphatic carboxylic acids is 1. The van der Waals surface area contributed by atoms with Gasteiger partial charge in [-0.1, -0.05) is 0 Å². The van der Waals surface area contributed by atoms with E-state index < -0.39 is 41.6 Å². The van der Waals surface area contributed by atoms with Gasteiger partial charge in [-0.2, -0.15) is 0 Å². The first-order chi connectivity index (χ1) is 8.49. The molecule has 1 aliphatic carbocycles. The molecule has 3 N–H and O–H groups in total. The van der Waals surface area contributed by atoms with Crippen LogP contribution in [0.15, 0.2) is 0 Å². The van der Waals surface area contributed by atoms with Crippen LogP contribution in [0, 0.1) is 17.8 Å². The van der Waals surface area contributed by atoms with Crippen molar-refractivity contribution in [3.63, 3.8) is 0 Å². The highest BCUT2D eigenvalue weighted by Gasteiger charge is 2.62. The number of carboxylic acid groups (broad SMARTS) is 1. The maximum Gasteiger partial charge on any atom is 0.308 e. The topological polar surface area (TPSA) is 122 Å². The van der Waals surface area contributed by atoms with Crippen molar-refractivity contribution in [3.8, 4) is 0 Å². The number of hydrogen-bond acceptors (Lipinski definition) is 5. The van der Waals surface area contributed by atoms with Gasteiger partial charge in [0.2, 0.25) is 11.8 Å². The Labute approximate surface area is 103 Å². The van der Waals surface area contributed by atoms with Gasteiger partial charge in [0.1, 0.15) is 6.10 Å². The van der Waals surface area contributed by atoms with E-state index in [4.69, 9.17) is 5.11 Å². The van der Waals surface area contributed by atoms with Crippen LogP contribution in [0.4, 0.5) is 0 Å². The first-order valence-electron chi connectivity index (χ1n) is 5.24. The van der Waals surface area contributed by atoms with Crippen LogP contribution in [-0.2, 0) is 23.9 Å². The van der Waals surface area contributed by atoms with Gasteiger partial charge in [0.05, 0.1) is 17.8 Å². The molecule has 100 valence electrons. The highest BCUT2D eigenvalue weighted by molar-refractivity contribution is 5.94. The van der Waals surface area contributed by atoms with Gasteiger partial charge in [-0.15, -0.1) is 0 Å². The average Bonchev–Trinajstić information content (AvgIpc) is 2.32. The molecule has 0 aliphatic heterocycles. The Morgan fingerprint density at radius 2 is 1.50 bits per heavy atom. The highest BCUT2D eigenvalue weighted by atomic mass is 16.5. The summed E-state index contributed by atoms with van der Waals surface area (Å²) in [5, 5.41) is 13.6. The van der Waals surface area contributed by atoms with Crippen molar-refractivity contribution in [2.24, 2.45) is 17.8 Å². The van der Waals surface area contributed by atoms with E-state index in [1.165, 1.54) is 14.1 Å². The minimum absolute atomic E-state index is 0.106. The summed E-state index contributed by atoms with van der Waals surface area (Å²) in [6.07, 6.45) is -1.05. The molecule has 1 rings (SSSR count).